The molecule has 0 unspecified atom stereocenters. The average Bonchev–Trinajstić information content (AvgIpc) is 2.87. The third-order valence-electron chi connectivity index (χ3n) is 3.16. The summed E-state index contributed by atoms with van der Waals surface area (Å²) in [6, 6.07) is 9.31. The van der Waals surface area contributed by atoms with Crippen LogP contribution in [-0.2, 0) is 11.3 Å². The van der Waals surface area contributed by atoms with Crippen molar-refractivity contribution in [3.63, 3.8) is 0 Å². The number of amides is 1. The van der Waals surface area contributed by atoms with Gasteiger partial charge in [0.05, 0.1) is 17.9 Å². The van der Waals surface area contributed by atoms with E-state index in [0.717, 1.165) is 16.9 Å². The molecule has 6 heteroatoms. The van der Waals surface area contributed by atoms with Gasteiger partial charge in [0.1, 0.15) is 4.88 Å². The molecule has 0 saturated carbocycles. The standard InChI is InChI=1S/C14H12N2O3S/c17-12-8-16(11-4-2-1-3-10(11)15-12)7-9-5-6-20-13(9)14(18)19/h1-6H,7-8H2,(H,15,17)(H,18,19). The Labute approximate surface area is 119 Å². The van der Waals surface area contributed by atoms with Gasteiger partial charge in [-0.3, -0.25) is 4.79 Å². The molecule has 1 aromatic carbocycles. The summed E-state index contributed by atoms with van der Waals surface area (Å²) in [5, 5.41) is 13.7. The number of carbonyl (C=O) groups is 2. The lowest BCUT2D eigenvalue weighted by atomic mass is 10.1. The minimum atomic E-state index is -0.926. The lowest BCUT2D eigenvalue weighted by Gasteiger charge is -2.30. The molecule has 1 amide bonds. The van der Waals surface area contributed by atoms with E-state index in [0.29, 0.717) is 11.4 Å². The topological polar surface area (TPSA) is 69.6 Å². The Kier molecular flexibility index (Phi) is 3.15. The van der Waals surface area contributed by atoms with E-state index >= 15 is 0 Å². The predicted octanol–water partition coefficient (Wildman–Crippen LogP) is 2.41. The highest BCUT2D eigenvalue weighted by Gasteiger charge is 2.23. The van der Waals surface area contributed by atoms with Crippen LogP contribution in [0, 0.1) is 0 Å². The molecular weight excluding hydrogens is 276 g/mol. The molecule has 0 bridgehead atoms. The van der Waals surface area contributed by atoms with Crippen LogP contribution in [0.4, 0.5) is 11.4 Å². The molecular formula is C14H12N2O3S. The minimum Gasteiger partial charge on any atom is -0.477 e. The van der Waals surface area contributed by atoms with Crippen LogP contribution in [-0.4, -0.2) is 23.5 Å². The number of carboxylic acids is 1. The van der Waals surface area contributed by atoms with Gasteiger partial charge in [0.15, 0.2) is 0 Å². The van der Waals surface area contributed by atoms with E-state index in [-0.39, 0.29) is 12.5 Å². The summed E-state index contributed by atoms with van der Waals surface area (Å²) >= 11 is 1.20. The number of rotatable bonds is 3. The molecule has 20 heavy (non-hydrogen) atoms. The van der Waals surface area contributed by atoms with Crippen molar-refractivity contribution in [2.75, 3.05) is 16.8 Å². The average molecular weight is 288 g/mol. The van der Waals surface area contributed by atoms with Crippen molar-refractivity contribution in [2.45, 2.75) is 6.54 Å². The number of nitrogens with one attached hydrogen (secondary N) is 1. The number of benzene rings is 1. The third kappa shape index (κ3) is 2.25. The maximum atomic E-state index is 11.7. The van der Waals surface area contributed by atoms with Gasteiger partial charge in [-0.1, -0.05) is 12.1 Å². The van der Waals surface area contributed by atoms with Crippen LogP contribution in [0.15, 0.2) is 35.7 Å². The first-order valence-electron chi connectivity index (χ1n) is 6.08. The largest absolute Gasteiger partial charge is 0.477 e. The van der Waals surface area contributed by atoms with E-state index in [1.807, 2.05) is 29.2 Å². The van der Waals surface area contributed by atoms with E-state index < -0.39 is 5.97 Å². The summed E-state index contributed by atoms with van der Waals surface area (Å²) in [6.45, 7) is 0.640. The fourth-order valence-electron chi connectivity index (χ4n) is 2.30. The lowest BCUT2D eigenvalue weighted by molar-refractivity contribution is -0.115. The molecule has 0 atom stereocenters. The Morgan fingerprint density at radius 1 is 1.35 bits per heavy atom. The number of aromatic carboxylic acids is 1. The van der Waals surface area contributed by atoms with Gasteiger partial charge in [-0.05, 0) is 29.1 Å². The zero-order valence-corrected chi connectivity index (χ0v) is 11.3. The maximum Gasteiger partial charge on any atom is 0.346 e. The van der Waals surface area contributed by atoms with Crippen LogP contribution in [0.1, 0.15) is 15.2 Å². The zero-order chi connectivity index (χ0) is 14.1. The fourth-order valence-corrected chi connectivity index (χ4v) is 3.05. The van der Waals surface area contributed by atoms with Crippen molar-refractivity contribution < 1.29 is 14.7 Å². The van der Waals surface area contributed by atoms with Gasteiger partial charge in [0, 0.05) is 6.54 Å². The molecule has 2 heterocycles. The van der Waals surface area contributed by atoms with E-state index in [4.69, 9.17) is 5.11 Å². The maximum absolute atomic E-state index is 11.7. The highest BCUT2D eigenvalue weighted by molar-refractivity contribution is 7.12. The highest BCUT2D eigenvalue weighted by Crippen LogP contribution is 2.31. The first kappa shape index (κ1) is 12.7. The molecule has 0 fully saturated rings. The number of anilines is 2. The van der Waals surface area contributed by atoms with Gasteiger partial charge < -0.3 is 15.3 Å². The van der Waals surface area contributed by atoms with Crippen molar-refractivity contribution in [1.29, 1.82) is 0 Å². The fraction of sp³-hybridized carbons (Fsp3) is 0.143. The summed E-state index contributed by atoms with van der Waals surface area (Å²) in [5.41, 5.74) is 2.40. The molecule has 0 aliphatic carbocycles. The van der Waals surface area contributed by atoms with Gasteiger partial charge in [-0.2, -0.15) is 0 Å². The number of fused-ring (bicyclic) bond motifs is 1. The molecule has 1 aromatic heterocycles. The monoisotopic (exact) mass is 288 g/mol. The van der Waals surface area contributed by atoms with E-state index in [2.05, 4.69) is 5.32 Å². The number of hydrogen-bond acceptors (Lipinski definition) is 4. The second kappa shape index (κ2) is 4.97. The summed E-state index contributed by atoms with van der Waals surface area (Å²) in [7, 11) is 0. The van der Waals surface area contributed by atoms with Crippen LogP contribution < -0.4 is 10.2 Å². The Balaban J connectivity index is 1.93. The van der Waals surface area contributed by atoms with E-state index in [1.54, 1.807) is 11.4 Å². The molecule has 2 aromatic rings. The molecule has 2 N–H and O–H groups in total. The highest BCUT2D eigenvalue weighted by atomic mass is 32.1. The Morgan fingerprint density at radius 2 is 2.15 bits per heavy atom. The van der Waals surface area contributed by atoms with Crippen LogP contribution >= 0.6 is 11.3 Å². The molecule has 0 spiro atoms. The summed E-state index contributed by atoms with van der Waals surface area (Å²) in [6.07, 6.45) is 0. The van der Waals surface area contributed by atoms with E-state index in [1.165, 1.54) is 11.3 Å². The molecule has 3 rings (SSSR count). The third-order valence-corrected chi connectivity index (χ3v) is 4.10. The zero-order valence-electron chi connectivity index (χ0n) is 10.5. The van der Waals surface area contributed by atoms with Crippen molar-refractivity contribution in [3.05, 3.63) is 46.2 Å². The summed E-state index contributed by atoms with van der Waals surface area (Å²) in [5.74, 6) is -1.01. The molecule has 102 valence electrons. The summed E-state index contributed by atoms with van der Waals surface area (Å²) < 4.78 is 0. The minimum absolute atomic E-state index is 0.0872. The lowest BCUT2D eigenvalue weighted by Crippen LogP contribution is -2.37. The Morgan fingerprint density at radius 3 is 2.95 bits per heavy atom. The van der Waals surface area contributed by atoms with Crippen LogP contribution in [0.25, 0.3) is 0 Å². The Hall–Kier alpha value is -2.34. The van der Waals surface area contributed by atoms with Crippen molar-refractivity contribution in [3.8, 4) is 0 Å². The summed E-state index contributed by atoms with van der Waals surface area (Å²) in [4.78, 5) is 25.1. The number of carbonyl (C=O) groups excluding carboxylic acids is 1. The second-order valence-electron chi connectivity index (χ2n) is 4.50. The van der Waals surface area contributed by atoms with Crippen molar-refractivity contribution in [2.24, 2.45) is 0 Å². The second-order valence-corrected chi connectivity index (χ2v) is 5.42. The van der Waals surface area contributed by atoms with Gasteiger partial charge in [0.2, 0.25) is 5.91 Å². The van der Waals surface area contributed by atoms with E-state index in [9.17, 15) is 9.59 Å². The first-order chi connectivity index (χ1) is 9.65. The van der Waals surface area contributed by atoms with Crippen molar-refractivity contribution in [1.82, 2.24) is 0 Å². The van der Waals surface area contributed by atoms with Crippen LogP contribution in [0.2, 0.25) is 0 Å². The molecule has 0 radical (unpaired) electrons. The van der Waals surface area contributed by atoms with Gasteiger partial charge in [0.25, 0.3) is 0 Å². The number of para-hydroxylation sites is 2. The molecule has 0 saturated heterocycles. The normalized spacial score (nSPS) is 13.8. The van der Waals surface area contributed by atoms with Gasteiger partial charge in [-0.25, -0.2) is 4.79 Å². The SMILES string of the molecule is O=C1CN(Cc2ccsc2C(=O)O)c2ccccc2N1. The number of thiophene rings is 1. The van der Waals surface area contributed by atoms with Gasteiger partial charge >= 0.3 is 5.97 Å². The first-order valence-corrected chi connectivity index (χ1v) is 6.96. The number of hydrogen-bond donors (Lipinski definition) is 2. The Bertz CT molecular complexity index is 681. The molecule has 1 aliphatic heterocycles. The van der Waals surface area contributed by atoms with Crippen molar-refractivity contribution >= 4 is 34.6 Å². The molecule has 1 aliphatic rings. The van der Waals surface area contributed by atoms with Gasteiger partial charge in [-0.15, -0.1) is 11.3 Å². The number of nitrogens with zero attached hydrogens (tertiary/aromatic N) is 1. The van der Waals surface area contributed by atoms with Crippen LogP contribution in [0.3, 0.4) is 0 Å². The van der Waals surface area contributed by atoms with Crippen LogP contribution in [0.5, 0.6) is 0 Å². The molecule has 5 nitrogen and oxygen atoms in total. The smallest absolute Gasteiger partial charge is 0.346 e. The predicted molar refractivity (Wildman–Crippen MR) is 77.4 cm³/mol. The quantitative estimate of drug-likeness (QED) is 0.910. The number of carboxylic acid groups (broad SMARTS) is 1.